The van der Waals surface area contributed by atoms with E-state index in [0.29, 0.717) is 22.5 Å². The lowest BCUT2D eigenvalue weighted by Crippen LogP contribution is -2.40. The quantitative estimate of drug-likeness (QED) is 0.553. The number of amides is 1. The summed E-state index contributed by atoms with van der Waals surface area (Å²) in [5.41, 5.74) is 3.37. The minimum absolute atomic E-state index is 0.0166. The summed E-state index contributed by atoms with van der Waals surface area (Å²) in [5.74, 6) is -0.369. The number of aryl methyl sites for hydroxylation is 2. The maximum Gasteiger partial charge on any atom is 0.287 e. The van der Waals surface area contributed by atoms with Crippen LogP contribution in [0, 0.1) is 6.92 Å². The van der Waals surface area contributed by atoms with Crippen LogP contribution in [0.1, 0.15) is 59.5 Å². The molecule has 1 amide bonds. The monoisotopic (exact) mass is 452 g/mol. The van der Waals surface area contributed by atoms with Crippen molar-refractivity contribution in [1.82, 2.24) is 10.2 Å². The highest BCUT2D eigenvalue weighted by Crippen LogP contribution is 2.25. The fourth-order valence-electron chi connectivity index (χ4n) is 4.33. The smallest absolute Gasteiger partial charge is 0.287 e. The number of benzene rings is 2. The second-order valence-electron chi connectivity index (χ2n) is 8.49. The number of hydrogen-bond acceptors (Lipinski definition) is 4. The fraction of sp³-hybridized carbons (Fsp3) is 0.385. The molecule has 3 aromatic rings. The number of nitrogens with zero attached hydrogens (tertiary/aromatic N) is 1. The molecule has 0 unspecified atom stereocenters. The number of halogens is 1. The molecule has 1 aliphatic rings. The number of carbonyl (C=O) groups is 1. The molecule has 6 heteroatoms. The molecule has 1 aromatic heterocycles. The van der Waals surface area contributed by atoms with Crippen LogP contribution in [0.4, 0.5) is 0 Å². The van der Waals surface area contributed by atoms with Gasteiger partial charge in [0.25, 0.3) is 5.91 Å². The number of nitrogens with one attached hydrogen (secondary N) is 1. The molecule has 2 aromatic carbocycles. The SMILES string of the molecule is CCc1ccc([C@H](CNC(=O)c2cc(=O)c3cc(Cl)c(C)cc3o2)N2CCCCC2)cc1. The lowest BCUT2D eigenvalue weighted by Gasteiger charge is -2.35. The highest BCUT2D eigenvalue weighted by molar-refractivity contribution is 6.32. The first-order chi connectivity index (χ1) is 15.5. The first kappa shape index (κ1) is 22.6. The molecule has 0 bridgehead atoms. The summed E-state index contributed by atoms with van der Waals surface area (Å²) in [6.07, 6.45) is 4.57. The van der Waals surface area contributed by atoms with Gasteiger partial charge in [-0.2, -0.15) is 0 Å². The maximum absolute atomic E-state index is 12.9. The van der Waals surface area contributed by atoms with Crippen LogP contribution >= 0.6 is 11.6 Å². The Morgan fingerprint density at radius 2 is 1.84 bits per heavy atom. The van der Waals surface area contributed by atoms with E-state index in [1.165, 1.54) is 36.5 Å². The standard InChI is InChI=1S/C26H29ClN2O3/c1-3-18-7-9-19(10-8-18)22(29-11-5-4-6-12-29)16-28-26(31)25-15-23(30)20-14-21(27)17(2)13-24(20)32-25/h7-10,13-15,22H,3-6,11-12,16H2,1-2H3,(H,28,31)/t22-/m0/s1. The van der Waals surface area contributed by atoms with Crippen molar-refractivity contribution in [3.8, 4) is 0 Å². The zero-order chi connectivity index (χ0) is 22.7. The molecule has 32 heavy (non-hydrogen) atoms. The number of likely N-dealkylation sites (tertiary alicyclic amines) is 1. The van der Waals surface area contributed by atoms with Gasteiger partial charge in [0.15, 0.2) is 11.2 Å². The minimum Gasteiger partial charge on any atom is -0.451 e. The van der Waals surface area contributed by atoms with Crippen LogP contribution in [0.25, 0.3) is 11.0 Å². The third kappa shape index (κ3) is 4.89. The third-order valence-electron chi connectivity index (χ3n) is 6.29. The Labute approximate surface area is 193 Å². The predicted octanol–water partition coefficient (Wildman–Crippen LogP) is 5.27. The Bertz CT molecular complexity index is 1160. The average Bonchev–Trinajstić information content (AvgIpc) is 2.81. The van der Waals surface area contributed by atoms with Crippen LogP contribution < -0.4 is 10.7 Å². The largest absolute Gasteiger partial charge is 0.451 e. The molecule has 1 fully saturated rings. The van der Waals surface area contributed by atoms with Crippen LogP contribution in [-0.4, -0.2) is 30.4 Å². The van der Waals surface area contributed by atoms with Crippen molar-refractivity contribution in [1.29, 1.82) is 0 Å². The van der Waals surface area contributed by atoms with Crippen molar-refractivity contribution in [3.05, 3.63) is 80.2 Å². The van der Waals surface area contributed by atoms with Gasteiger partial charge in [-0.15, -0.1) is 0 Å². The summed E-state index contributed by atoms with van der Waals surface area (Å²) >= 11 is 6.13. The molecule has 1 aliphatic heterocycles. The fourth-order valence-corrected chi connectivity index (χ4v) is 4.49. The van der Waals surface area contributed by atoms with Crippen LogP contribution in [0.3, 0.4) is 0 Å². The van der Waals surface area contributed by atoms with Gasteiger partial charge in [0.1, 0.15) is 5.58 Å². The molecular formula is C26H29ClN2O3. The van der Waals surface area contributed by atoms with Crippen molar-refractivity contribution in [2.24, 2.45) is 0 Å². The first-order valence-corrected chi connectivity index (χ1v) is 11.7. The van der Waals surface area contributed by atoms with Crippen molar-refractivity contribution in [3.63, 3.8) is 0 Å². The average molecular weight is 453 g/mol. The van der Waals surface area contributed by atoms with Gasteiger partial charge < -0.3 is 9.73 Å². The highest BCUT2D eigenvalue weighted by Gasteiger charge is 2.24. The van der Waals surface area contributed by atoms with Gasteiger partial charge in [-0.05, 0) is 68.1 Å². The Balaban J connectivity index is 1.56. The van der Waals surface area contributed by atoms with E-state index in [-0.39, 0.29) is 23.1 Å². The predicted molar refractivity (Wildman–Crippen MR) is 129 cm³/mol. The summed E-state index contributed by atoms with van der Waals surface area (Å²) in [6, 6.07) is 13.2. The van der Waals surface area contributed by atoms with Crippen LogP contribution in [0.15, 0.2) is 51.7 Å². The Morgan fingerprint density at radius 1 is 1.12 bits per heavy atom. The van der Waals surface area contributed by atoms with Crippen molar-refractivity contribution in [2.45, 2.75) is 45.6 Å². The number of piperidine rings is 1. The van der Waals surface area contributed by atoms with Crippen molar-refractivity contribution < 1.29 is 9.21 Å². The number of fused-ring (bicyclic) bond motifs is 1. The Morgan fingerprint density at radius 3 is 2.53 bits per heavy atom. The van der Waals surface area contributed by atoms with E-state index in [4.69, 9.17) is 16.0 Å². The van der Waals surface area contributed by atoms with Gasteiger partial charge in [0, 0.05) is 17.6 Å². The Hall–Kier alpha value is -2.63. The molecule has 168 valence electrons. The maximum atomic E-state index is 12.9. The molecule has 0 radical (unpaired) electrons. The van der Waals surface area contributed by atoms with Crippen LogP contribution in [0.5, 0.6) is 0 Å². The number of carbonyl (C=O) groups excluding carboxylic acids is 1. The minimum atomic E-state index is -0.385. The molecule has 1 N–H and O–H groups in total. The first-order valence-electron chi connectivity index (χ1n) is 11.3. The molecule has 0 saturated carbocycles. The summed E-state index contributed by atoms with van der Waals surface area (Å²) in [7, 11) is 0. The van der Waals surface area contributed by atoms with Gasteiger partial charge in [0.05, 0.1) is 11.4 Å². The van der Waals surface area contributed by atoms with E-state index in [1.54, 1.807) is 12.1 Å². The van der Waals surface area contributed by atoms with Gasteiger partial charge in [0.2, 0.25) is 0 Å². The summed E-state index contributed by atoms with van der Waals surface area (Å²) in [6.45, 7) is 6.46. The van der Waals surface area contributed by atoms with E-state index in [0.717, 1.165) is 25.1 Å². The lowest BCUT2D eigenvalue weighted by molar-refractivity contribution is 0.0897. The third-order valence-corrected chi connectivity index (χ3v) is 6.70. The summed E-state index contributed by atoms with van der Waals surface area (Å²) < 4.78 is 5.77. The van der Waals surface area contributed by atoms with Crippen molar-refractivity contribution in [2.75, 3.05) is 19.6 Å². The second-order valence-corrected chi connectivity index (χ2v) is 8.90. The van der Waals surface area contributed by atoms with Crippen molar-refractivity contribution >= 4 is 28.5 Å². The molecule has 0 aliphatic carbocycles. The normalized spacial score (nSPS) is 15.6. The zero-order valence-electron chi connectivity index (χ0n) is 18.6. The summed E-state index contributed by atoms with van der Waals surface area (Å²) in [5, 5.41) is 3.88. The van der Waals surface area contributed by atoms with Gasteiger partial charge in [-0.1, -0.05) is 49.2 Å². The van der Waals surface area contributed by atoms with Gasteiger partial charge in [-0.25, -0.2) is 0 Å². The molecule has 4 rings (SSSR count). The Kier molecular flexibility index (Phi) is 6.97. The van der Waals surface area contributed by atoms with E-state index in [1.807, 2.05) is 6.92 Å². The van der Waals surface area contributed by atoms with Gasteiger partial charge in [-0.3, -0.25) is 14.5 Å². The zero-order valence-corrected chi connectivity index (χ0v) is 19.4. The van der Waals surface area contributed by atoms with E-state index in [9.17, 15) is 9.59 Å². The molecular weight excluding hydrogens is 424 g/mol. The molecule has 1 atom stereocenters. The van der Waals surface area contributed by atoms with E-state index >= 15 is 0 Å². The molecule has 0 spiro atoms. The number of rotatable bonds is 6. The molecule has 2 heterocycles. The van der Waals surface area contributed by atoms with E-state index in [2.05, 4.69) is 41.4 Å². The van der Waals surface area contributed by atoms with Crippen LogP contribution in [0.2, 0.25) is 5.02 Å². The topological polar surface area (TPSA) is 62.6 Å². The van der Waals surface area contributed by atoms with Gasteiger partial charge >= 0.3 is 0 Å². The lowest BCUT2D eigenvalue weighted by atomic mass is 9.99. The van der Waals surface area contributed by atoms with Crippen LogP contribution in [-0.2, 0) is 6.42 Å². The number of hydrogen-bond donors (Lipinski definition) is 1. The highest BCUT2D eigenvalue weighted by atomic mass is 35.5. The summed E-state index contributed by atoms with van der Waals surface area (Å²) in [4.78, 5) is 27.9. The second kappa shape index (κ2) is 9.88. The van der Waals surface area contributed by atoms with E-state index < -0.39 is 0 Å². The molecule has 1 saturated heterocycles. The molecule has 5 nitrogen and oxygen atoms in total.